The minimum absolute atomic E-state index is 0.0156. The zero-order chi connectivity index (χ0) is 9.19. The lowest BCUT2D eigenvalue weighted by Gasteiger charge is -2.33. The van der Waals surface area contributed by atoms with Gasteiger partial charge in [0.25, 0.3) is 0 Å². The highest BCUT2D eigenvalue weighted by molar-refractivity contribution is 4.77. The van der Waals surface area contributed by atoms with Crippen molar-refractivity contribution in [2.24, 2.45) is 0 Å². The Morgan fingerprint density at radius 1 is 1.33 bits per heavy atom. The average Bonchev–Trinajstić information content (AvgIpc) is 1.82. The molecule has 0 aliphatic carbocycles. The Labute approximate surface area is 75.7 Å². The lowest BCUT2D eigenvalue weighted by molar-refractivity contribution is -0.0752. The zero-order valence-corrected chi connectivity index (χ0v) is 8.68. The first kappa shape index (κ1) is 10.0. The fourth-order valence-corrected chi connectivity index (χ4v) is 1.69. The Morgan fingerprint density at radius 2 is 2.00 bits per heavy atom. The molecule has 12 heavy (non-hydrogen) atoms. The van der Waals surface area contributed by atoms with Gasteiger partial charge >= 0.3 is 0 Å². The molecule has 0 aromatic carbocycles. The molecule has 0 aromatic heterocycles. The maximum absolute atomic E-state index is 5.91. The first-order valence-corrected chi connectivity index (χ1v) is 4.88. The largest absolute Gasteiger partial charge is 0.373 e. The predicted molar refractivity (Wildman–Crippen MR) is 51.3 cm³/mol. The van der Waals surface area contributed by atoms with Gasteiger partial charge < -0.3 is 10.1 Å². The van der Waals surface area contributed by atoms with Crippen molar-refractivity contribution in [3.05, 3.63) is 0 Å². The maximum atomic E-state index is 5.91. The van der Waals surface area contributed by atoms with Crippen LogP contribution in [-0.4, -0.2) is 24.3 Å². The van der Waals surface area contributed by atoms with Gasteiger partial charge in [0.05, 0.1) is 11.7 Å². The summed E-state index contributed by atoms with van der Waals surface area (Å²) in [6.07, 6.45) is 2.76. The lowest BCUT2D eigenvalue weighted by Crippen LogP contribution is -2.41. The molecule has 0 amide bonds. The maximum Gasteiger partial charge on any atom is 0.0609 e. The smallest absolute Gasteiger partial charge is 0.0609 e. The van der Waals surface area contributed by atoms with Crippen LogP contribution in [0.25, 0.3) is 0 Å². The number of hydrogen-bond acceptors (Lipinski definition) is 2. The third-order valence-corrected chi connectivity index (χ3v) is 2.10. The minimum atomic E-state index is 0.0156. The van der Waals surface area contributed by atoms with Crippen LogP contribution >= 0.6 is 0 Å². The van der Waals surface area contributed by atoms with Gasteiger partial charge in [0.2, 0.25) is 0 Å². The van der Waals surface area contributed by atoms with E-state index in [1.807, 2.05) is 0 Å². The van der Waals surface area contributed by atoms with Crippen LogP contribution in [-0.2, 0) is 4.74 Å². The Balaban J connectivity index is 2.32. The molecular formula is C10H21NO. The van der Waals surface area contributed by atoms with Crippen molar-refractivity contribution in [1.29, 1.82) is 0 Å². The Morgan fingerprint density at radius 3 is 2.50 bits per heavy atom. The van der Waals surface area contributed by atoms with Crippen LogP contribution in [0.3, 0.4) is 0 Å². The molecule has 0 aromatic rings. The second-order valence-corrected chi connectivity index (χ2v) is 4.73. The molecule has 2 atom stereocenters. The molecule has 2 heteroatoms. The highest BCUT2D eigenvalue weighted by Gasteiger charge is 2.23. The van der Waals surface area contributed by atoms with Crippen molar-refractivity contribution < 1.29 is 4.74 Å². The molecule has 2 nitrogen and oxygen atoms in total. The Hall–Kier alpha value is -0.0800. The summed E-state index contributed by atoms with van der Waals surface area (Å²) < 4.78 is 5.91. The monoisotopic (exact) mass is 171 g/mol. The summed E-state index contributed by atoms with van der Waals surface area (Å²) in [6.45, 7) is 9.69. The number of rotatable bonds is 1. The third-order valence-electron chi connectivity index (χ3n) is 2.10. The van der Waals surface area contributed by atoms with Crippen LogP contribution in [0.15, 0.2) is 0 Å². The van der Waals surface area contributed by atoms with Gasteiger partial charge in [-0.05, 0) is 47.1 Å². The fourth-order valence-electron chi connectivity index (χ4n) is 1.69. The first-order chi connectivity index (χ1) is 5.47. The van der Waals surface area contributed by atoms with Gasteiger partial charge in [0.1, 0.15) is 0 Å². The van der Waals surface area contributed by atoms with Gasteiger partial charge in [-0.15, -0.1) is 0 Å². The van der Waals surface area contributed by atoms with Crippen molar-refractivity contribution in [3.8, 4) is 0 Å². The Bertz CT molecular complexity index is 139. The second kappa shape index (κ2) is 3.75. The van der Waals surface area contributed by atoms with E-state index in [0.717, 1.165) is 19.4 Å². The molecule has 2 unspecified atom stereocenters. The quantitative estimate of drug-likeness (QED) is 0.651. The van der Waals surface area contributed by atoms with E-state index in [9.17, 15) is 0 Å². The zero-order valence-electron chi connectivity index (χ0n) is 8.68. The molecule has 0 saturated carbocycles. The van der Waals surface area contributed by atoms with Crippen molar-refractivity contribution >= 4 is 0 Å². The van der Waals surface area contributed by atoms with Gasteiger partial charge in [0.15, 0.2) is 0 Å². The van der Waals surface area contributed by atoms with Crippen molar-refractivity contribution in [3.63, 3.8) is 0 Å². The number of piperidine rings is 1. The molecule has 1 saturated heterocycles. The lowest BCUT2D eigenvalue weighted by atomic mass is 10.0. The van der Waals surface area contributed by atoms with Gasteiger partial charge in [-0.2, -0.15) is 0 Å². The van der Waals surface area contributed by atoms with Crippen LogP contribution in [0, 0.1) is 0 Å². The van der Waals surface area contributed by atoms with Crippen molar-refractivity contribution in [1.82, 2.24) is 5.32 Å². The molecule has 0 radical (unpaired) electrons. The minimum Gasteiger partial charge on any atom is -0.373 e. The summed E-state index contributed by atoms with van der Waals surface area (Å²) in [6, 6.07) is 0.617. The van der Waals surface area contributed by atoms with Crippen LogP contribution in [0.2, 0.25) is 0 Å². The van der Waals surface area contributed by atoms with Gasteiger partial charge in [-0.1, -0.05) is 0 Å². The van der Waals surface area contributed by atoms with E-state index < -0.39 is 0 Å². The second-order valence-electron chi connectivity index (χ2n) is 4.73. The van der Waals surface area contributed by atoms with Crippen LogP contribution in [0.1, 0.15) is 40.5 Å². The van der Waals surface area contributed by atoms with Crippen molar-refractivity contribution in [2.45, 2.75) is 58.3 Å². The summed E-state index contributed by atoms with van der Waals surface area (Å²) in [5.41, 5.74) is 0.0156. The summed E-state index contributed by atoms with van der Waals surface area (Å²) in [4.78, 5) is 0. The van der Waals surface area contributed by atoms with E-state index in [2.05, 4.69) is 33.0 Å². The molecule has 72 valence electrons. The standard InChI is InChI=1S/C10H21NO/c1-8-7-9(5-6-11-8)12-10(2,3)4/h8-9,11H,5-7H2,1-4H3. The molecule has 1 fully saturated rings. The first-order valence-electron chi connectivity index (χ1n) is 4.88. The molecule has 1 aliphatic heterocycles. The molecule has 1 aliphatic rings. The van der Waals surface area contributed by atoms with E-state index in [1.165, 1.54) is 0 Å². The fraction of sp³-hybridized carbons (Fsp3) is 1.00. The molecule has 0 bridgehead atoms. The topological polar surface area (TPSA) is 21.3 Å². The number of ether oxygens (including phenoxy) is 1. The highest BCUT2D eigenvalue weighted by Crippen LogP contribution is 2.19. The van der Waals surface area contributed by atoms with E-state index in [0.29, 0.717) is 12.1 Å². The molecule has 1 rings (SSSR count). The van der Waals surface area contributed by atoms with E-state index >= 15 is 0 Å². The van der Waals surface area contributed by atoms with Gasteiger partial charge in [0, 0.05) is 6.04 Å². The molecule has 0 spiro atoms. The van der Waals surface area contributed by atoms with Crippen LogP contribution < -0.4 is 5.32 Å². The summed E-state index contributed by atoms with van der Waals surface area (Å²) in [5.74, 6) is 0. The molecule has 1 N–H and O–H groups in total. The van der Waals surface area contributed by atoms with E-state index in [-0.39, 0.29) is 5.60 Å². The van der Waals surface area contributed by atoms with E-state index in [4.69, 9.17) is 4.74 Å². The normalized spacial score (nSPS) is 32.0. The number of nitrogens with one attached hydrogen (secondary N) is 1. The average molecular weight is 171 g/mol. The predicted octanol–water partition coefficient (Wildman–Crippen LogP) is 1.94. The van der Waals surface area contributed by atoms with Crippen molar-refractivity contribution in [2.75, 3.05) is 6.54 Å². The SMILES string of the molecule is CC1CC(OC(C)(C)C)CCN1. The molecule has 1 heterocycles. The van der Waals surface area contributed by atoms with Gasteiger partial charge in [-0.3, -0.25) is 0 Å². The molecular weight excluding hydrogens is 150 g/mol. The third kappa shape index (κ3) is 3.55. The number of hydrogen-bond donors (Lipinski definition) is 1. The van der Waals surface area contributed by atoms with Crippen LogP contribution in [0.4, 0.5) is 0 Å². The van der Waals surface area contributed by atoms with Crippen LogP contribution in [0.5, 0.6) is 0 Å². The Kier molecular flexibility index (Phi) is 3.13. The highest BCUT2D eigenvalue weighted by atomic mass is 16.5. The summed E-state index contributed by atoms with van der Waals surface area (Å²) >= 11 is 0. The van der Waals surface area contributed by atoms with Gasteiger partial charge in [-0.25, -0.2) is 0 Å². The summed E-state index contributed by atoms with van der Waals surface area (Å²) in [5, 5.41) is 3.42. The van der Waals surface area contributed by atoms with E-state index in [1.54, 1.807) is 0 Å². The summed E-state index contributed by atoms with van der Waals surface area (Å²) in [7, 11) is 0.